The summed E-state index contributed by atoms with van der Waals surface area (Å²) in [6.45, 7) is 0. The highest BCUT2D eigenvalue weighted by atomic mass is 16.4. The fraction of sp³-hybridized carbons (Fsp3) is 0.0833. The molecule has 0 unspecified atom stereocenters. The second-order valence-corrected chi connectivity index (χ2v) is 6.79. The molecule has 0 fully saturated rings. The van der Waals surface area contributed by atoms with E-state index in [0.29, 0.717) is 11.3 Å². The number of aliphatic carboxylic acids is 1. The van der Waals surface area contributed by atoms with Crippen molar-refractivity contribution in [2.45, 2.75) is 12.5 Å². The van der Waals surface area contributed by atoms with Gasteiger partial charge in [-0.3, -0.25) is 14.5 Å². The molecule has 1 amide bonds. The van der Waals surface area contributed by atoms with Crippen LogP contribution >= 0.6 is 0 Å². The number of rotatable bonds is 6. The summed E-state index contributed by atoms with van der Waals surface area (Å²) in [7, 11) is 0. The third kappa shape index (κ3) is 3.75. The van der Waals surface area contributed by atoms with Gasteiger partial charge in [0.1, 0.15) is 5.70 Å². The number of hydrogen-bond donors (Lipinski definition) is 2. The molecule has 0 radical (unpaired) electrons. The third-order valence-corrected chi connectivity index (χ3v) is 4.88. The van der Waals surface area contributed by atoms with E-state index in [2.05, 4.69) is 5.32 Å². The van der Waals surface area contributed by atoms with Gasteiger partial charge in [0.2, 0.25) is 0 Å². The maximum absolute atomic E-state index is 13.5. The molecule has 0 aliphatic carbocycles. The first-order valence-electron chi connectivity index (χ1n) is 9.35. The zero-order chi connectivity index (χ0) is 20.2. The minimum atomic E-state index is -0.976. The largest absolute Gasteiger partial charge is 0.481 e. The van der Waals surface area contributed by atoms with Crippen LogP contribution in [0.3, 0.4) is 0 Å². The Hall–Kier alpha value is -3.86. The van der Waals surface area contributed by atoms with E-state index < -0.39 is 12.0 Å². The molecule has 3 aromatic carbocycles. The summed E-state index contributed by atoms with van der Waals surface area (Å²) in [5.74, 6) is -1.22. The SMILES string of the molecule is O=C(O)CC1=C(Nc2ccccc2)C(=O)N(c2ccccc2)[C@@H]1c1ccccc1. The molecule has 5 nitrogen and oxygen atoms in total. The van der Waals surface area contributed by atoms with Crippen LogP contribution in [0.5, 0.6) is 0 Å². The number of anilines is 2. The maximum Gasteiger partial charge on any atom is 0.307 e. The molecule has 2 N–H and O–H groups in total. The molecule has 3 aromatic rings. The van der Waals surface area contributed by atoms with Crippen molar-refractivity contribution in [1.82, 2.24) is 0 Å². The van der Waals surface area contributed by atoms with Crippen molar-refractivity contribution in [3.8, 4) is 0 Å². The van der Waals surface area contributed by atoms with E-state index in [1.54, 1.807) is 4.90 Å². The average molecular weight is 384 g/mol. The number of hydrogen-bond acceptors (Lipinski definition) is 3. The molecule has 0 aromatic heterocycles. The van der Waals surface area contributed by atoms with Crippen LogP contribution in [0.2, 0.25) is 0 Å². The van der Waals surface area contributed by atoms with Crippen LogP contribution in [0, 0.1) is 0 Å². The number of amides is 1. The number of nitrogens with one attached hydrogen (secondary N) is 1. The lowest BCUT2D eigenvalue weighted by Gasteiger charge is -2.27. The molecule has 1 aliphatic heterocycles. The van der Waals surface area contributed by atoms with Crippen molar-refractivity contribution < 1.29 is 14.7 Å². The van der Waals surface area contributed by atoms with Crippen molar-refractivity contribution in [3.63, 3.8) is 0 Å². The molecule has 1 aliphatic rings. The van der Waals surface area contributed by atoms with E-state index in [1.165, 1.54) is 0 Å². The van der Waals surface area contributed by atoms with E-state index in [-0.39, 0.29) is 12.3 Å². The van der Waals surface area contributed by atoms with Crippen molar-refractivity contribution >= 4 is 23.3 Å². The molecule has 1 atom stereocenters. The molecule has 5 heteroatoms. The van der Waals surface area contributed by atoms with Gasteiger partial charge in [-0.15, -0.1) is 0 Å². The van der Waals surface area contributed by atoms with E-state index >= 15 is 0 Å². The predicted molar refractivity (Wildman–Crippen MR) is 112 cm³/mol. The third-order valence-electron chi connectivity index (χ3n) is 4.88. The van der Waals surface area contributed by atoms with E-state index in [1.807, 2.05) is 91.0 Å². The highest BCUT2D eigenvalue weighted by molar-refractivity contribution is 6.12. The van der Waals surface area contributed by atoms with Crippen LogP contribution in [0.15, 0.2) is 102 Å². The molecule has 1 heterocycles. The highest BCUT2D eigenvalue weighted by Gasteiger charge is 2.41. The fourth-order valence-corrected chi connectivity index (χ4v) is 3.66. The average Bonchev–Trinajstić information content (AvgIpc) is 3.01. The van der Waals surface area contributed by atoms with Crippen LogP contribution in [0.1, 0.15) is 18.0 Å². The quantitative estimate of drug-likeness (QED) is 0.651. The van der Waals surface area contributed by atoms with Gasteiger partial charge in [-0.25, -0.2) is 0 Å². The Labute approximate surface area is 168 Å². The summed E-state index contributed by atoms with van der Waals surface area (Å²) in [6.07, 6.45) is -0.232. The van der Waals surface area contributed by atoms with Crippen molar-refractivity contribution in [2.75, 3.05) is 10.2 Å². The molecular weight excluding hydrogens is 364 g/mol. The second kappa shape index (κ2) is 8.02. The molecule has 4 rings (SSSR count). The number of carbonyl (C=O) groups is 2. The van der Waals surface area contributed by atoms with E-state index in [9.17, 15) is 14.7 Å². The lowest BCUT2D eigenvalue weighted by molar-refractivity contribution is -0.136. The first kappa shape index (κ1) is 18.5. The highest BCUT2D eigenvalue weighted by Crippen LogP contribution is 2.42. The predicted octanol–water partition coefficient (Wildman–Crippen LogP) is 4.62. The van der Waals surface area contributed by atoms with Crippen LogP contribution in [-0.4, -0.2) is 17.0 Å². The van der Waals surface area contributed by atoms with Gasteiger partial charge >= 0.3 is 5.97 Å². The standard InChI is InChI=1S/C24H20N2O3/c27-21(28)16-20-22(25-18-12-6-2-7-13-18)24(29)26(19-14-8-3-9-15-19)23(20)17-10-4-1-5-11-17/h1-15,23,25H,16H2,(H,27,28)/t23-/m1/s1. The summed E-state index contributed by atoms with van der Waals surface area (Å²) in [4.78, 5) is 26.9. The van der Waals surface area contributed by atoms with Gasteiger partial charge in [0, 0.05) is 11.4 Å². The van der Waals surface area contributed by atoms with Crippen molar-refractivity contribution in [3.05, 3.63) is 108 Å². The van der Waals surface area contributed by atoms with Gasteiger partial charge in [-0.05, 0) is 35.4 Å². The molecule has 144 valence electrons. The first-order valence-corrected chi connectivity index (χ1v) is 9.35. The summed E-state index contributed by atoms with van der Waals surface area (Å²) in [5, 5.41) is 12.7. The van der Waals surface area contributed by atoms with Crippen molar-refractivity contribution in [1.29, 1.82) is 0 Å². The van der Waals surface area contributed by atoms with Gasteiger partial charge in [0.25, 0.3) is 5.91 Å². The van der Waals surface area contributed by atoms with Crippen LogP contribution in [-0.2, 0) is 9.59 Å². The zero-order valence-electron chi connectivity index (χ0n) is 15.7. The van der Waals surface area contributed by atoms with Crippen LogP contribution in [0.25, 0.3) is 0 Å². The monoisotopic (exact) mass is 384 g/mol. The van der Waals surface area contributed by atoms with Crippen LogP contribution < -0.4 is 10.2 Å². The first-order chi connectivity index (χ1) is 14.1. The molecule has 0 spiro atoms. The zero-order valence-corrected chi connectivity index (χ0v) is 15.7. The molecular formula is C24H20N2O3. The molecule has 0 bridgehead atoms. The number of para-hydroxylation sites is 2. The van der Waals surface area contributed by atoms with Gasteiger partial charge in [-0.1, -0.05) is 66.7 Å². The summed E-state index contributed by atoms with van der Waals surface area (Å²) in [6, 6.07) is 27.7. The Balaban J connectivity index is 1.87. The van der Waals surface area contributed by atoms with Gasteiger partial charge in [0.15, 0.2) is 0 Å². The normalized spacial score (nSPS) is 16.2. The summed E-state index contributed by atoms with van der Waals surface area (Å²) >= 11 is 0. The van der Waals surface area contributed by atoms with Gasteiger partial charge in [-0.2, -0.15) is 0 Å². The Morgan fingerprint density at radius 2 is 1.41 bits per heavy atom. The maximum atomic E-state index is 13.5. The number of carboxylic acid groups (broad SMARTS) is 1. The lowest BCUT2D eigenvalue weighted by atomic mass is 9.96. The molecule has 0 saturated heterocycles. The van der Waals surface area contributed by atoms with E-state index in [0.717, 1.165) is 16.9 Å². The fourth-order valence-electron chi connectivity index (χ4n) is 3.66. The lowest BCUT2D eigenvalue weighted by Crippen LogP contribution is -2.31. The Morgan fingerprint density at radius 3 is 2.00 bits per heavy atom. The summed E-state index contributed by atoms with van der Waals surface area (Å²) in [5.41, 5.74) is 3.18. The number of benzene rings is 3. The van der Waals surface area contributed by atoms with Crippen molar-refractivity contribution in [2.24, 2.45) is 0 Å². The minimum Gasteiger partial charge on any atom is -0.481 e. The summed E-state index contributed by atoms with van der Waals surface area (Å²) < 4.78 is 0. The molecule has 0 saturated carbocycles. The topological polar surface area (TPSA) is 69.6 Å². The Kier molecular flexibility index (Phi) is 5.12. The Morgan fingerprint density at radius 1 is 0.862 bits per heavy atom. The van der Waals surface area contributed by atoms with Crippen LogP contribution in [0.4, 0.5) is 11.4 Å². The van der Waals surface area contributed by atoms with Gasteiger partial charge in [0.05, 0.1) is 12.5 Å². The number of nitrogens with zero attached hydrogens (tertiary/aromatic N) is 1. The van der Waals surface area contributed by atoms with Gasteiger partial charge < -0.3 is 10.4 Å². The second-order valence-electron chi connectivity index (χ2n) is 6.79. The Bertz CT molecular complexity index is 1050. The molecule has 29 heavy (non-hydrogen) atoms. The smallest absolute Gasteiger partial charge is 0.307 e. The minimum absolute atomic E-state index is 0.232. The number of carbonyl (C=O) groups excluding carboxylic acids is 1. The number of carboxylic acids is 1. The van der Waals surface area contributed by atoms with E-state index in [4.69, 9.17) is 0 Å².